The second kappa shape index (κ2) is 8.13. The summed E-state index contributed by atoms with van der Waals surface area (Å²) in [5.74, 6) is 0.151. The summed E-state index contributed by atoms with van der Waals surface area (Å²) in [6.07, 6.45) is 6.10. The van der Waals surface area contributed by atoms with Gasteiger partial charge in [0.25, 0.3) is 0 Å². The Hall–Kier alpha value is -3.68. The second-order valence-corrected chi connectivity index (χ2v) is 5.95. The van der Waals surface area contributed by atoms with Gasteiger partial charge in [-0.25, -0.2) is 4.98 Å². The van der Waals surface area contributed by atoms with E-state index >= 15 is 0 Å². The third kappa shape index (κ3) is 5.15. The molecule has 1 aromatic carbocycles. The van der Waals surface area contributed by atoms with Gasteiger partial charge in [-0.15, -0.1) is 0 Å². The van der Waals surface area contributed by atoms with E-state index in [0.29, 0.717) is 35.7 Å². The number of amides is 2. The summed E-state index contributed by atoms with van der Waals surface area (Å²) in [5.41, 5.74) is 7.18. The third-order valence-electron chi connectivity index (χ3n) is 3.76. The maximum atomic E-state index is 12.0. The Bertz CT molecular complexity index is 950. The van der Waals surface area contributed by atoms with Crippen LogP contribution in [0.3, 0.4) is 0 Å². The van der Waals surface area contributed by atoms with Crippen molar-refractivity contribution in [3.05, 3.63) is 66.1 Å². The molecule has 3 aromatic rings. The predicted molar refractivity (Wildman–Crippen MR) is 99.4 cm³/mol. The Labute approximate surface area is 156 Å². The molecular formula is C19H19N5O3. The molecule has 0 aliphatic heterocycles. The Morgan fingerprint density at radius 2 is 2.07 bits per heavy atom. The first kappa shape index (κ1) is 18.1. The summed E-state index contributed by atoms with van der Waals surface area (Å²) in [5, 5.41) is 6.86. The van der Waals surface area contributed by atoms with Crippen LogP contribution in [-0.4, -0.2) is 26.6 Å². The molecule has 138 valence electrons. The van der Waals surface area contributed by atoms with Gasteiger partial charge < -0.3 is 15.8 Å². The van der Waals surface area contributed by atoms with Crippen LogP contribution in [0.15, 0.2) is 55.0 Å². The zero-order valence-corrected chi connectivity index (χ0v) is 14.8. The molecule has 3 N–H and O–H groups in total. The molecule has 27 heavy (non-hydrogen) atoms. The van der Waals surface area contributed by atoms with E-state index in [0.717, 1.165) is 5.56 Å². The quantitative estimate of drug-likeness (QED) is 0.667. The normalized spacial score (nSPS) is 10.4. The Kier molecular flexibility index (Phi) is 5.46. The van der Waals surface area contributed by atoms with Crippen molar-refractivity contribution in [2.75, 3.05) is 5.32 Å². The van der Waals surface area contributed by atoms with Gasteiger partial charge in [-0.1, -0.05) is 6.07 Å². The van der Waals surface area contributed by atoms with Crippen LogP contribution in [0.2, 0.25) is 0 Å². The molecule has 0 fully saturated rings. The highest BCUT2D eigenvalue weighted by Gasteiger charge is 2.07. The van der Waals surface area contributed by atoms with Crippen LogP contribution in [0.1, 0.15) is 22.3 Å². The Morgan fingerprint density at radius 3 is 2.74 bits per heavy atom. The van der Waals surface area contributed by atoms with Crippen molar-refractivity contribution in [2.24, 2.45) is 12.8 Å². The molecule has 3 rings (SSSR count). The molecule has 0 unspecified atom stereocenters. The number of ether oxygens (including phenoxy) is 1. The van der Waals surface area contributed by atoms with Gasteiger partial charge in [0, 0.05) is 31.3 Å². The number of nitrogens with two attached hydrogens (primary N) is 1. The zero-order valence-electron chi connectivity index (χ0n) is 14.8. The van der Waals surface area contributed by atoms with Gasteiger partial charge in [-0.3, -0.25) is 14.3 Å². The topological polar surface area (TPSA) is 112 Å². The summed E-state index contributed by atoms with van der Waals surface area (Å²) in [6.45, 7) is 0. The molecule has 0 bridgehead atoms. The van der Waals surface area contributed by atoms with Crippen LogP contribution >= 0.6 is 0 Å². The average molecular weight is 365 g/mol. The van der Waals surface area contributed by atoms with Crippen molar-refractivity contribution < 1.29 is 14.3 Å². The molecule has 0 saturated carbocycles. The molecule has 0 radical (unpaired) electrons. The van der Waals surface area contributed by atoms with Gasteiger partial charge in [0.05, 0.1) is 18.1 Å². The first-order valence-corrected chi connectivity index (χ1v) is 8.31. The highest BCUT2D eigenvalue weighted by Crippen LogP contribution is 2.21. The number of rotatable bonds is 7. The lowest BCUT2D eigenvalue weighted by atomic mass is 10.2. The molecule has 0 saturated heterocycles. The number of aryl methyl sites for hydroxylation is 2. The Morgan fingerprint density at radius 1 is 1.22 bits per heavy atom. The first-order valence-electron chi connectivity index (χ1n) is 8.31. The molecule has 2 aromatic heterocycles. The van der Waals surface area contributed by atoms with Crippen molar-refractivity contribution >= 4 is 17.5 Å². The van der Waals surface area contributed by atoms with Gasteiger partial charge in [0.1, 0.15) is 5.75 Å². The standard InChI is InChI=1S/C19H19N5O3/c1-24-12-13(10-22-24)5-7-17(25)23-15-6-8-18(21-11-15)27-16-4-2-3-14(9-16)19(20)26/h2-4,6,8-12H,5,7H2,1H3,(H2,20,26)(H,23,25). The van der Waals surface area contributed by atoms with E-state index in [2.05, 4.69) is 15.4 Å². The van der Waals surface area contributed by atoms with E-state index in [9.17, 15) is 9.59 Å². The monoisotopic (exact) mass is 365 g/mol. The Balaban J connectivity index is 1.54. The van der Waals surface area contributed by atoms with Crippen molar-refractivity contribution in [3.63, 3.8) is 0 Å². The van der Waals surface area contributed by atoms with Crippen LogP contribution in [0.25, 0.3) is 0 Å². The van der Waals surface area contributed by atoms with Gasteiger partial charge in [-0.05, 0) is 36.2 Å². The number of carbonyl (C=O) groups is 2. The maximum absolute atomic E-state index is 12.0. The summed E-state index contributed by atoms with van der Waals surface area (Å²) < 4.78 is 7.30. The summed E-state index contributed by atoms with van der Waals surface area (Å²) in [7, 11) is 1.84. The molecule has 8 nitrogen and oxygen atoms in total. The lowest BCUT2D eigenvalue weighted by molar-refractivity contribution is -0.116. The largest absolute Gasteiger partial charge is 0.439 e. The summed E-state index contributed by atoms with van der Waals surface area (Å²) in [4.78, 5) is 27.4. The minimum absolute atomic E-state index is 0.108. The van der Waals surface area contributed by atoms with E-state index in [1.807, 2.05) is 13.2 Å². The lowest BCUT2D eigenvalue weighted by Crippen LogP contribution is -2.12. The van der Waals surface area contributed by atoms with E-state index < -0.39 is 5.91 Å². The SMILES string of the molecule is Cn1cc(CCC(=O)Nc2ccc(Oc3cccc(C(N)=O)c3)nc2)cn1. The van der Waals surface area contributed by atoms with Gasteiger partial charge in [-0.2, -0.15) is 5.10 Å². The number of pyridine rings is 1. The van der Waals surface area contributed by atoms with E-state index in [1.54, 1.807) is 41.2 Å². The third-order valence-corrected chi connectivity index (χ3v) is 3.76. The van der Waals surface area contributed by atoms with Crippen LogP contribution in [0.4, 0.5) is 5.69 Å². The number of hydrogen-bond donors (Lipinski definition) is 2. The van der Waals surface area contributed by atoms with Crippen LogP contribution in [-0.2, 0) is 18.3 Å². The minimum Gasteiger partial charge on any atom is -0.439 e. The number of anilines is 1. The van der Waals surface area contributed by atoms with Gasteiger partial charge >= 0.3 is 0 Å². The number of carbonyl (C=O) groups excluding carboxylic acids is 2. The molecule has 0 atom stereocenters. The molecule has 2 heterocycles. The van der Waals surface area contributed by atoms with E-state index in [-0.39, 0.29) is 5.91 Å². The maximum Gasteiger partial charge on any atom is 0.248 e. The molecular weight excluding hydrogens is 346 g/mol. The van der Waals surface area contributed by atoms with Crippen LogP contribution in [0, 0.1) is 0 Å². The van der Waals surface area contributed by atoms with Crippen molar-refractivity contribution in [3.8, 4) is 11.6 Å². The van der Waals surface area contributed by atoms with Crippen LogP contribution < -0.4 is 15.8 Å². The molecule has 0 spiro atoms. The molecule has 0 aliphatic carbocycles. The lowest BCUT2D eigenvalue weighted by Gasteiger charge is -2.08. The van der Waals surface area contributed by atoms with E-state index in [4.69, 9.17) is 10.5 Å². The van der Waals surface area contributed by atoms with Crippen molar-refractivity contribution in [2.45, 2.75) is 12.8 Å². The number of nitrogens with one attached hydrogen (secondary N) is 1. The number of benzene rings is 1. The minimum atomic E-state index is -0.530. The fourth-order valence-electron chi connectivity index (χ4n) is 2.43. The molecule has 2 amide bonds. The number of hydrogen-bond acceptors (Lipinski definition) is 5. The van der Waals surface area contributed by atoms with Crippen molar-refractivity contribution in [1.29, 1.82) is 0 Å². The summed E-state index contributed by atoms with van der Waals surface area (Å²) in [6, 6.07) is 9.84. The van der Waals surface area contributed by atoms with Crippen LogP contribution in [0.5, 0.6) is 11.6 Å². The smallest absolute Gasteiger partial charge is 0.248 e. The first-order chi connectivity index (χ1) is 13.0. The zero-order chi connectivity index (χ0) is 19.2. The highest BCUT2D eigenvalue weighted by atomic mass is 16.5. The predicted octanol–water partition coefficient (Wildman–Crippen LogP) is 2.28. The van der Waals surface area contributed by atoms with Gasteiger partial charge in [0.2, 0.25) is 17.7 Å². The number of primary amides is 1. The fourth-order valence-corrected chi connectivity index (χ4v) is 2.43. The highest BCUT2D eigenvalue weighted by molar-refractivity contribution is 5.93. The van der Waals surface area contributed by atoms with Crippen molar-refractivity contribution in [1.82, 2.24) is 14.8 Å². The second-order valence-electron chi connectivity index (χ2n) is 5.95. The van der Waals surface area contributed by atoms with Gasteiger partial charge in [0.15, 0.2) is 0 Å². The summed E-state index contributed by atoms with van der Waals surface area (Å²) >= 11 is 0. The fraction of sp³-hybridized carbons (Fsp3) is 0.158. The number of nitrogens with zero attached hydrogens (tertiary/aromatic N) is 3. The average Bonchev–Trinajstić information content (AvgIpc) is 3.07. The molecule has 8 heteroatoms. The van der Waals surface area contributed by atoms with E-state index in [1.165, 1.54) is 12.3 Å². The number of aromatic nitrogens is 3. The molecule has 0 aliphatic rings.